The Morgan fingerprint density at radius 2 is 2.05 bits per heavy atom. The first-order valence-corrected chi connectivity index (χ1v) is 5.83. The van der Waals surface area contributed by atoms with E-state index in [1.807, 2.05) is 31.2 Å². The van der Waals surface area contributed by atoms with Crippen molar-refractivity contribution in [1.82, 2.24) is 10.3 Å². The predicted octanol–water partition coefficient (Wildman–Crippen LogP) is 1.45. The lowest BCUT2D eigenvalue weighted by Crippen LogP contribution is -2.30. The monoisotopic (exact) mass is 258 g/mol. The number of pyridine rings is 1. The van der Waals surface area contributed by atoms with Crippen LogP contribution in [0, 0.1) is 6.92 Å². The summed E-state index contributed by atoms with van der Waals surface area (Å²) in [6.45, 7) is 1.68. The number of rotatable bonds is 3. The summed E-state index contributed by atoms with van der Waals surface area (Å²) in [5, 5.41) is 3.29. The van der Waals surface area contributed by atoms with Crippen LogP contribution in [0.3, 0.4) is 0 Å². The Hall–Kier alpha value is -2.43. The second-order valence-electron chi connectivity index (χ2n) is 4.09. The van der Waals surface area contributed by atoms with Gasteiger partial charge in [0.05, 0.1) is 18.2 Å². The Morgan fingerprint density at radius 1 is 1.32 bits per heavy atom. The van der Waals surface area contributed by atoms with Crippen molar-refractivity contribution in [3.05, 3.63) is 41.6 Å². The fraction of sp³-hybridized carbons (Fsp3) is 0.214. The molecule has 98 valence electrons. The summed E-state index contributed by atoms with van der Waals surface area (Å²) < 4.78 is 4.48. The maximum absolute atomic E-state index is 12.1. The molecule has 0 aliphatic heterocycles. The topological polar surface area (TPSA) is 68.3 Å². The normalized spacial score (nSPS) is 10.2. The molecule has 0 bridgehead atoms. The number of hydrogen-bond acceptors (Lipinski definition) is 4. The molecule has 5 heteroatoms. The first kappa shape index (κ1) is 13.0. The zero-order valence-corrected chi connectivity index (χ0v) is 10.8. The lowest BCUT2D eigenvalue weighted by Gasteiger charge is -2.08. The SMILES string of the molecule is COC(=O)CNC(=O)c1cc(C)nc2ccccc12. The minimum Gasteiger partial charge on any atom is -0.468 e. The lowest BCUT2D eigenvalue weighted by molar-refractivity contribution is -0.139. The lowest BCUT2D eigenvalue weighted by atomic mass is 10.1. The molecule has 1 heterocycles. The van der Waals surface area contributed by atoms with Crippen LogP contribution in [0.25, 0.3) is 10.9 Å². The van der Waals surface area contributed by atoms with E-state index in [2.05, 4.69) is 15.0 Å². The van der Waals surface area contributed by atoms with Gasteiger partial charge >= 0.3 is 5.97 Å². The molecule has 2 aromatic rings. The molecular weight excluding hydrogens is 244 g/mol. The number of esters is 1. The van der Waals surface area contributed by atoms with Gasteiger partial charge in [-0.2, -0.15) is 0 Å². The van der Waals surface area contributed by atoms with E-state index in [4.69, 9.17) is 0 Å². The van der Waals surface area contributed by atoms with Crippen molar-refractivity contribution in [2.24, 2.45) is 0 Å². The highest BCUT2D eigenvalue weighted by Gasteiger charge is 2.12. The third kappa shape index (κ3) is 2.88. The van der Waals surface area contributed by atoms with Gasteiger partial charge in [-0.05, 0) is 19.1 Å². The molecule has 1 aromatic heterocycles. The maximum atomic E-state index is 12.1. The molecule has 0 fully saturated rings. The molecule has 0 aliphatic carbocycles. The standard InChI is InChI=1S/C14H14N2O3/c1-9-7-11(14(18)15-8-13(17)19-2)10-5-3-4-6-12(10)16-9/h3-7H,8H2,1-2H3,(H,15,18). The van der Waals surface area contributed by atoms with Crippen LogP contribution in [0.2, 0.25) is 0 Å². The number of aryl methyl sites for hydroxylation is 1. The van der Waals surface area contributed by atoms with Crippen molar-refractivity contribution < 1.29 is 14.3 Å². The highest BCUT2D eigenvalue weighted by Crippen LogP contribution is 2.17. The van der Waals surface area contributed by atoms with Gasteiger partial charge in [0.1, 0.15) is 6.54 Å². The molecular formula is C14H14N2O3. The zero-order chi connectivity index (χ0) is 13.8. The quantitative estimate of drug-likeness (QED) is 0.846. The highest BCUT2D eigenvalue weighted by atomic mass is 16.5. The number of ether oxygens (including phenoxy) is 1. The molecule has 2 rings (SSSR count). The summed E-state index contributed by atoms with van der Waals surface area (Å²) in [5.41, 5.74) is 2.01. The Morgan fingerprint density at radius 3 is 2.79 bits per heavy atom. The average molecular weight is 258 g/mol. The molecule has 5 nitrogen and oxygen atoms in total. The predicted molar refractivity (Wildman–Crippen MR) is 70.8 cm³/mol. The van der Waals surface area contributed by atoms with Gasteiger partial charge in [-0.1, -0.05) is 18.2 Å². The first-order chi connectivity index (χ1) is 9.11. The average Bonchev–Trinajstić information content (AvgIpc) is 2.43. The van der Waals surface area contributed by atoms with Crippen molar-refractivity contribution in [2.45, 2.75) is 6.92 Å². The Balaban J connectivity index is 2.33. The van der Waals surface area contributed by atoms with E-state index < -0.39 is 5.97 Å². The van der Waals surface area contributed by atoms with E-state index in [1.54, 1.807) is 6.07 Å². The van der Waals surface area contributed by atoms with Gasteiger partial charge in [-0.15, -0.1) is 0 Å². The van der Waals surface area contributed by atoms with Crippen molar-refractivity contribution in [3.63, 3.8) is 0 Å². The number of para-hydroxylation sites is 1. The summed E-state index contributed by atoms with van der Waals surface area (Å²) in [6.07, 6.45) is 0. The second kappa shape index (κ2) is 5.48. The van der Waals surface area contributed by atoms with Gasteiger partial charge < -0.3 is 10.1 Å². The number of methoxy groups -OCH3 is 1. The zero-order valence-electron chi connectivity index (χ0n) is 10.8. The fourth-order valence-electron chi connectivity index (χ4n) is 1.82. The second-order valence-corrected chi connectivity index (χ2v) is 4.09. The van der Waals surface area contributed by atoms with Crippen LogP contribution in [0.15, 0.2) is 30.3 Å². The fourth-order valence-corrected chi connectivity index (χ4v) is 1.82. The van der Waals surface area contributed by atoms with Crippen LogP contribution >= 0.6 is 0 Å². The van der Waals surface area contributed by atoms with Crippen molar-refractivity contribution in [3.8, 4) is 0 Å². The van der Waals surface area contributed by atoms with Crippen LogP contribution in [-0.4, -0.2) is 30.5 Å². The minimum absolute atomic E-state index is 0.148. The molecule has 19 heavy (non-hydrogen) atoms. The van der Waals surface area contributed by atoms with E-state index in [0.717, 1.165) is 16.6 Å². The number of nitrogens with zero attached hydrogens (tertiary/aromatic N) is 1. The van der Waals surface area contributed by atoms with Crippen LogP contribution in [0.4, 0.5) is 0 Å². The first-order valence-electron chi connectivity index (χ1n) is 5.83. The van der Waals surface area contributed by atoms with Crippen molar-refractivity contribution in [2.75, 3.05) is 13.7 Å². The van der Waals surface area contributed by atoms with Crippen LogP contribution in [0.1, 0.15) is 16.1 Å². The van der Waals surface area contributed by atoms with Gasteiger partial charge in [0.15, 0.2) is 0 Å². The van der Waals surface area contributed by atoms with Crippen LogP contribution < -0.4 is 5.32 Å². The van der Waals surface area contributed by atoms with Crippen LogP contribution in [-0.2, 0) is 9.53 Å². The Kier molecular flexibility index (Phi) is 3.75. The van der Waals surface area contributed by atoms with Gasteiger partial charge in [-0.3, -0.25) is 14.6 Å². The summed E-state index contributed by atoms with van der Waals surface area (Å²) in [6, 6.07) is 9.09. The molecule has 0 saturated heterocycles. The number of carbonyl (C=O) groups is 2. The van der Waals surface area contributed by atoms with E-state index in [9.17, 15) is 9.59 Å². The summed E-state index contributed by atoms with van der Waals surface area (Å²) in [7, 11) is 1.28. The third-order valence-corrected chi connectivity index (χ3v) is 2.71. The van der Waals surface area contributed by atoms with E-state index in [-0.39, 0.29) is 12.5 Å². The molecule has 1 amide bonds. The summed E-state index contributed by atoms with van der Waals surface area (Å²) >= 11 is 0. The maximum Gasteiger partial charge on any atom is 0.325 e. The number of carbonyl (C=O) groups excluding carboxylic acids is 2. The number of aromatic nitrogens is 1. The van der Waals surface area contributed by atoms with Crippen LogP contribution in [0.5, 0.6) is 0 Å². The number of fused-ring (bicyclic) bond motifs is 1. The molecule has 0 saturated carbocycles. The number of nitrogens with one attached hydrogen (secondary N) is 1. The van der Waals surface area contributed by atoms with E-state index in [0.29, 0.717) is 5.56 Å². The molecule has 1 N–H and O–H groups in total. The van der Waals surface area contributed by atoms with Gasteiger partial charge in [0, 0.05) is 11.1 Å². The van der Waals surface area contributed by atoms with Gasteiger partial charge in [0.25, 0.3) is 5.91 Å². The molecule has 0 atom stereocenters. The number of hydrogen-bond donors (Lipinski definition) is 1. The number of amides is 1. The van der Waals surface area contributed by atoms with Crippen molar-refractivity contribution in [1.29, 1.82) is 0 Å². The van der Waals surface area contributed by atoms with E-state index >= 15 is 0 Å². The summed E-state index contributed by atoms with van der Waals surface area (Å²) in [5.74, 6) is -0.796. The van der Waals surface area contributed by atoms with Gasteiger partial charge in [-0.25, -0.2) is 0 Å². The molecule has 0 spiro atoms. The largest absolute Gasteiger partial charge is 0.468 e. The summed E-state index contributed by atoms with van der Waals surface area (Å²) in [4.78, 5) is 27.5. The van der Waals surface area contributed by atoms with E-state index in [1.165, 1.54) is 7.11 Å². The molecule has 1 aromatic carbocycles. The molecule has 0 aliphatic rings. The van der Waals surface area contributed by atoms with Gasteiger partial charge in [0.2, 0.25) is 0 Å². The molecule has 0 unspecified atom stereocenters. The molecule has 0 radical (unpaired) electrons. The highest BCUT2D eigenvalue weighted by molar-refractivity contribution is 6.06. The van der Waals surface area contributed by atoms with Crippen molar-refractivity contribution >= 4 is 22.8 Å². The Labute approximate surface area is 110 Å². The number of benzene rings is 1. The minimum atomic E-state index is -0.483. The Bertz CT molecular complexity index is 638. The third-order valence-electron chi connectivity index (χ3n) is 2.71. The smallest absolute Gasteiger partial charge is 0.325 e.